The summed E-state index contributed by atoms with van der Waals surface area (Å²) in [6.45, 7) is 0.262. The SMILES string of the molecule is O=C1OCc2c1nc1ccc3c(c1c2-c1ccc(F)cc1)OCO3. The summed E-state index contributed by atoms with van der Waals surface area (Å²) in [5.74, 6) is 0.429. The second-order valence-corrected chi connectivity index (χ2v) is 5.59. The van der Waals surface area contributed by atoms with Gasteiger partial charge in [0.1, 0.15) is 12.4 Å². The minimum absolute atomic E-state index is 0.129. The highest BCUT2D eigenvalue weighted by Crippen LogP contribution is 2.46. The zero-order valence-corrected chi connectivity index (χ0v) is 12.3. The number of esters is 1. The highest BCUT2D eigenvalue weighted by atomic mass is 19.1. The topological polar surface area (TPSA) is 57.7 Å². The van der Waals surface area contributed by atoms with Crippen molar-refractivity contribution in [1.29, 1.82) is 0 Å². The molecule has 5 nitrogen and oxygen atoms in total. The Labute approximate surface area is 135 Å². The fourth-order valence-electron chi connectivity index (χ4n) is 3.20. The first-order valence-electron chi connectivity index (χ1n) is 7.40. The van der Waals surface area contributed by atoms with Gasteiger partial charge in [0.2, 0.25) is 6.79 Å². The minimum Gasteiger partial charge on any atom is -0.456 e. The summed E-state index contributed by atoms with van der Waals surface area (Å²) in [6, 6.07) is 9.64. The molecule has 3 aromatic rings. The van der Waals surface area contributed by atoms with Crippen LogP contribution in [0.25, 0.3) is 22.0 Å². The molecule has 1 aromatic heterocycles. The van der Waals surface area contributed by atoms with E-state index in [1.165, 1.54) is 12.1 Å². The number of carbonyl (C=O) groups is 1. The molecular formula is C18H10FNO4. The summed E-state index contributed by atoms with van der Waals surface area (Å²) in [5.41, 5.74) is 3.12. The Hall–Kier alpha value is -3.15. The van der Waals surface area contributed by atoms with Crippen molar-refractivity contribution in [2.75, 3.05) is 6.79 Å². The molecule has 0 N–H and O–H groups in total. The van der Waals surface area contributed by atoms with Crippen LogP contribution in [0, 0.1) is 5.82 Å². The van der Waals surface area contributed by atoms with Crippen molar-refractivity contribution in [3.63, 3.8) is 0 Å². The number of nitrogens with zero attached hydrogens (tertiary/aromatic N) is 1. The first-order valence-corrected chi connectivity index (χ1v) is 7.40. The smallest absolute Gasteiger partial charge is 0.357 e. The maximum atomic E-state index is 13.3. The van der Waals surface area contributed by atoms with E-state index in [9.17, 15) is 9.18 Å². The molecule has 0 atom stereocenters. The van der Waals surface area contributed by atoms with Gasteiger partial charge >= 0.3 is 5.97 Å². The van der Waals surface area contributed by atoms with Gasteiger partial charge in [-0.05, 0) is 29.8 Å². The van der Waals surface area contributed by atoms with Crippen LogP contribution in [-0.4, -0.2) is 17.7 Å². The predicted octanol–water partition coefficient (Wildman–Crippen LogP) is 3.44. The van der Waals surface area contributed by atoms with E-state index in [1.54, 1.807) is 24.3 Å². The number of cyclic esters (lactones) is 1. The summed E-state index contributed by atoms with van der Waals surface area (Å²) in [6.07, 6.45) is 0. The zero-order chi connectivity index (χ0) is 16.3. The van der Waals surface area contributed by atoms with Crippen LogP contribution >= 0.6 is 0 Å². The summed E-state index contributed by atoms with van der Waals surface area (Å²) in [4.78, 5) is 16.4. The number of fused-ring (bicyclic) bond motifs is 4. The van der Waals surface area contributed by atoms with Crippen molar-refractivity contribution in [1.82, 2.24) is 4.98 Å². The van der Waals surface area contributed by atoms with E-state index < -0.39 is 5.97 Å². The van der Waals surface area contributed by atoms with Crippen LogP contribution in [0.1, 0.15) is 16.1 Å². The van der Waals surface area contributed by atoms with Gasteiger partial charge in [-0.25, -0.2) is 14.2 Å². The van der Waals surface area contributed by atoms with Crippen molar-refractivity contribution in [3.8, 4) is 22.6 Å². The Kier molecular flexibility index (Phi) is 2.59. The Morgan fingerprint density at radius 3 is 2.67 bits per heavy atom. The van der Waals surface area contributed by atoms with Gasteiger partial charge in [0, 0.05) is 11.1 Å². The largest absolute Gasteiger partial charge is 0.456 e. The van der Waals surface area contributed by atoms with Crippen molar-refractivity contribution in [2.24, 2.45) is 0 Å². The Balaban J connectivity index is 1.93. The normalized spacial score (nSPS) is 14.8. The molecule has 5 rings (SSSR count). The Morgan fingerprint density at radius 2 is 1.83 bits per heavy atom. The molecular weight excluding hydrogens is 313 g/mol. The number of ether oxygens (including phenoxy) is 3. The van der Waals surface area contributed by atoms with Crippen LogP contribution in [-0.2, 0) is 11.3 Å². The third kappa shape index (κ3) is 1.73. The molecule has 0 spiro atoms. The maximum Gasteiger partial charge on any atom is 0.357 e. The third-order valence-corrected chi connectivity index (χ3v) is 4.26. The molecule has 0 radical (unpaired) electrons. The molecule has 0 saturated heterocycles. The van der Waals surface area contributed by atoms with Gasteiger partial charge < -0.3 is 14.2 Å². The lowest BCUT2D eigenvalue weighted by molar-refractivity contribution is 0.0531. The van der Waals surface area contributed by atoms with E-state index in [0.29, 0.717) is 28.3 Å². The fourth-order valence-corrected chi connectivity index (χ4v) is 3.20. The number of pyridine rings is 1. The number of hydrogen-bond acceptors (Lipinski definition) is 5. The Morgan fingerprint density at radius 1 is 1.00 bits per heavy atom. The molecule has 3 heterocycles. The van der Waals surface area contributed by atoms with Gasteiger partial charge in [-0.1, -0.05) is 12.1 Å². The molecule has 2 aromatic carbocycles. The van der Waals surface area contributed by atoms with Crippen LogP contribution < -0.4 is 9.47 Å². The molecule has 0 aliphatic carbocycles. The summed E-state index contributed by atoms with van der Waals surface area (Å²) >= 11 is 0. The van der Waals surface area contributed by atoms with E-state index in [4.69, 9.17) is 14.2 Å². The van der Waals surface area contributed by atoms with E-state index in [2.05, 4.69) is 4.98 Å². The fraction of sp³-hybridized carbons (Fsp3) is 0.111. The van der Waals surface area contributed by atoms with Gasteiger partial charge in [-0.3, -0.25) is 0 Å². The monoisotopic (exact) mass is 323 g/mol. The average molecular weight is 323 g/mol. The van der Waals surface area contributed by atoms with Crippen LogP contribution in [0.2, 0.25) is 0 Å². The first kappa shape index (κ1) is 13.3. The molecule has 0 unspecified atom stereocenters. The lowest BCUT2D eigenvalue weighted by Gasteiger charge is -2.12. The van der Waals surface area contributed by atoms with Crippen molar-refractivity contribution < 1.29 is 23.4 Å². The van der Waals surface area contributed by atoms with Gasteiger partial charge in [0.25, 0.3) is 0 Å². The molecule has 24 heavy (non-hydrogen) atoms. The van der Waals surface area contributed by atoms with E-state index in [1.807, 2.05) is 0 Å². The highest BCUT2D eigenvalue weighted by molar-refractivity contribution is 6.07. The highest BCUT2D eigenvalue weighted by Gasteiger charge is 2.31. The minimum atomic E-state index is -0.451. The van der Waals surface area contributed by atoms with Gasteiger partial charge in [0.15, 0.2) is 17.2 Å². The molecule has 0 bridgehead atoms. The maximum absolute atomic E-state index is 13.3. The van der Waals surface area contributed by atoms with Gasteiger partial charge in [-0.2, -0.15) is 0 Å². The molecule has 0 saturated carbocycles. The first-order chi connectivity index (χ1) is 11.7. The standard InChI is InChI=1S/C18H10FNO4/c19-10-3-1-9(2-4-10)14-11-7-22-18(21)16(11)20-12-5-6-13-17(15(12)14)24-8-23-13/h1-6H,7-8H2. The van der Waals surface area contributed by atoms with E-state index >= 15 is 0 Å². The molecule has 0 amide bonds. The number of benzene rings is 2. The molecule has 118 valence electrons. The number of carbonyl (C=O) groups excluding carboxylic acids is 1. The van der Waals surface area contributed by atoms with Crippen molar-refractivity contribution in [2.45, 2.75) is 6.61 Å². The summed E-state index contributed by atoms with van der Waals surface area (Å²) < 4.78 is 29.6. The van der Waals surface area contributed by atoms with Gasteiger partial charge in [-0.15, -0.1) is 0 Å². The van der Waals surface area contributed by atoms with Gasteiger partial charge in [0.05, 0.1) is 10.9 Å². The zero-order valence-electron chi connectivity index (χ0n) is 12.3. The van der Waals surface area contributed by atoms with Crippen molar-refractivity contribution in [3.05, 3.63) is 53.5 Å². The van der Waals surface area contributed by atoms with E-state index in [-0.39, 0.29) is 19.2 Å². The lowest BCUT2D eigenvalue weighted by Crippen LogP contribution is -2.00. The quantitative estimate of drug-likeness (QED) is 0.642. The molecule has 0 fully saturated rings. The van der Waals surface area contributed by atoms with Crippen LogP contribution in [0.15, 0.2) is 36.4 Å². The second kappa shape index (κ2) is 4.67. The summed E-state index contributed by atoms with van der Waals surface area (Å²) in [5, 5.41) is 0.744. The number of rotatable bonds is 1. The number of halogens is 1. The molecule has 6 heteroatoms. The van der Waals surface area contributed by atoms with Crippen LogP contribution in [0.5, 0.6) is 11.5 Å². The van der Waals surface area contributed by atoms with Crippen LogP contribution in [0.4, 0.5) is 4.39 Å². The molecule has 2 aliphatic heterocycles. The lowest BCUT2D eigenvalue weighted by atomic mass is 9.94. The number of hydrogen-bond donors (Lipinski definition) is 0. The predicted molar refractivity (Wildman–Crippen MR) is 82.4 cm³/mol. The number of aromatic nitrogens is 1. The molecule has 2 aliphatic rings. The second-order valence-electron chi connectivity index (χ2n) is 5.59. The Bertz CT molecular complexity index is 1010. The van der Waals surface area contributed by atoms with Crippen molar-refractivity contribution >= 4 is 16.9 Å². The summed E-state index contributed by atoms with van der Waals surface area (Å²) in [7, 11) is 0. The van der Waals surface area contributed by atoms with E-state index in [0.717, 1.165) is 16.5 Å². The third-order valence-electron chi connectivity index (χ3n) is 4.26. The van der Waals surface area contributed by atoms with Crippen LogP contribution in [0.3, 0.4) is 0 Å². The average Bonchev–Trinajstić information content (AvgIpc) is 3.21.